The molecular formula is C24H26ClNO4. The van der Waals surface area contributed by atoms with Crippen LogP contribution in [0.2, 0.25) is 5.02 Å². The summed E-state index contributed by atoms with van der Waals surface area (Å²) in [6, 6.07) is 12.3. The monoisotopic (exact) mass is 427 g/mol. The fourth-order valence-corrected chi connectivity index (χ4v) is 3.66. The number of halogens is 1. The highest BCUT2D eigenvalue weighted by molar-refractivity contribution is 6.30. The third-order valence-electron chi connectivity index (χ3n) is 5.17. The van der Waals surface area contributed by atoms with Crippen LogP contribution in [-0.4, -0.2) is 30.2 Å². The number of unbranched alkanes of at least 4 members (excludes halogenated alkanes) is 2. The lowest BCUT2D eigenvalue weighted by atomic mass is 10.1. The largest absolute Gasteiger partial charge is 0.497 e. The molecular weight excluding hydrogens is 402 g/mol. The Kier molecular flexibility index (Phi) is 7.16. The number of nitrogens with zero attached hydrogens (tertiary/aromatic N) is 1. The molecule has 3 aromatic rings. The summed E-state index contributed by atoms with van der Waals surface area (Å²) in [6.07, 6.45) is 3.05. The Bertz CT molecular complexity index is 1050. The van der Waals surface area contributed by atoms with Crippen molar-refractivity contribution in [1.29, 1.82) is 0 Å². The Morgan fingerprint density at radius 3 is 2.47 bits per heavy atom. The van der Waals surface area contributed by atoms with Crippen molar-refractivity contribution < 1.29 is 19.1 Å². The van der Waals surface area contributed by atoms with Crippen LogP contribution in [0.1, 0.15) is 47.8 Å². The number of hydrogen-bond donors (Lipinski definition) is 0. The van der Waals surface area contributed by atoms with Gasteiger partial charge in [-0.15, -0.1) is 0 Å². The van der Waals surface area contributed by atoms with E-state index in [4.69, 9.17) is 21.1 Å². The zero-order valence-corrected chi connectivity index (χ0v) is 18.3. The molecule has 1 aromatic heterocycles. The summed E-state index contributed by atoms with van der Waals surface area (Å²) in [5.74, 6) is 0.188. The van der Waals surface area contributed by atoms with Gasteiger partial charge in [-0.05, 0) is 61.4 Å². The molecule has 0 radical (unpaired) electrons. The Morgan fingerprint density at radius 1 is 1.07 bits per heavy atom. The molecule has 0 unspecified atom stereocenters. The van der Waals surface area contributed by atoms with Crippen molar-refractivity contribution in [3.8, 4) is 5.75 Å². The van der Waals surface area contributed by atoms with Gasteiger partial charge in [-0.1, -0.05) is 31.4 Å². The van der Waals surface area contributed by atoms with Gasteiger partial charge in [0.1, 0.15) is 5.75 Å². The third-order valence-corrected chi connectivity index (χ3v) is 5.42. The number of methoxy groups -OCH3 is 1. The van der Waals surface area contributed by atoms with E-state index in [-0.39, 0.29) is 18.3 Å². The van der Waals surface area contributed by atoms with E-state index in [1.54, 1.807) is 42.0 Å². The number of fused-ring (bicyclic) bond motifs is 1. The van der Waals surface area contributed by atoms with Gasteiger partial charge in [0.25, 0.3) is 5.91 Å². The number of carbonyl (C=O) groups excluding carboxylic acids is 2. The number of rotatable bonds is 8. The highest BCUT2D eigenvalue weighted by Crippen LogP contribution is 2.31. The highest BCUT2D eigenvalue weighted by Gasteiger charge is 2.22. The van der Waals surface area contributed by atoms with E-state index in [0.717, 1.165) is 35.7 Å². The summed E-state index contributed by atoms with van der Waals surface area (Å²) in [5, 5.41) is 1.37. The molecule has 0 saturated carbocycles. The maximum Gasteiger partial charge on any atom is 0.310 e. The summed E-state index contributed by atoms with van der Waals surface area (Å²) in [5.41, 5.74) is 2.72. The fourth-order valence-electron chi connectivity index (χ4n) is 3.53. The van der Waals surface area contributed by atoms with Crippen molar-refractivity contribution in [2.45, 2.75) is 39.5 Å². The summed E-state index contributed by atoms with van der Waals surface area (Å²) in [6.45, 7) is 4.36. The number of benzene rings is 2. The second-order valence-electron chi connectivity index (χ2n) is 7.20. The van der Waals surface area contributed by atoms with Crippen molar-refractivity contribution in [2.75, 3.05) is 13.7 Å². The molecule has 0 N–H and O–H groups in total. The minimum absolute atomic E-state index is 0.0997. The molecule has 30 heavy (non-hydrogen) atoms. The Balaban J connectivity index is 1.99. The number of hydrogen-bond acceptors (Lipinski definition) is 4. The molecule has 0 aliphatic heterocycles. The van der Waals surface area contributed by atoms with Crippen LogP contribution in [0.5, 0.6) is 5.75 Å². The van der Waals surface area contributed by atoms with Crippen LogP contribution in [0.3, 0.4) is 0 Å². The molecule has 0 aliphatic rings. The average molecular weight is 428 g/mol. The molecule has 0 aliphatic carbocycles. The van der Waals surface area contributed by atoms with Crippen LogP contribution in [0.15, 0.2) is 42.5 Å². The van der Waals surface area contributed by atoms with Crippen molar-refractivity contribution in [3.63, 3.8) is 0 Å². The van der Waals surface area contributed by atoms with Crippen molar-refractivity contribution in [3.05, 3.63) is 64.3 Å². The van der Waals surface area contributed by atoms with Gasteiger partial charge in [0, 0.05) is 21.7 Å². The molecule has 158 valence electrons. The van der Waals surface area contributed by atoms with Crippen molar-refractivity contribution >= 4 is 34.4 Å². The number of ether oxygens (including phenoxy) is 2. The van der Waals surface area contributed by atoms with Crippen LogP contribution in [0.4, 0.5) is 0 Å². The van der Waals surface area contributed by atoms with Crippen molar-refractivity contribution in [1.82, 2.24) is 4.57 Å². The predicted octanol–water partition coefficient (Wildman–Crippen LogP) is 5.58. The van der Waals surface area contributed by atoms with Crippen LogP contribution in [0.25, 0.3) is 10.9 Å². The number of carbonyl (C=O) groups is 2. The first-order valence-electron chi connectivity index (χ1n) is 10.1. The maximum atomic E-state index is 13.3. The molecule has 2 aromatic carbocycles. The topological polar surface area (TPSA) is 57.5 Å². The molecule has 0 fully saturated rings. The molecule has 0 saturated heterocycles. The van der Waals surface area contributed by atoms with Gasteiger partial charge < -0.3 is 9.47 Å². The summed E-state index contributed by atoms with van der Waals surface area (Å²) < 4.78 is 12.4. The van der Waals surface area contributed by atoms with Gasteiger partial charge in [0.05, 0.1) is 25.7 Å². The molecule has 0 spiro atoms. The lowest BCUT2D eigenvalue weighted by Gasteiger charge is -2.08. The van der Waals surface area contributed by atoms with E-state index >= 15 is 0 Å². The molecule has 1 heterocycles. The highest BCUT2D eigenvalue weighted by atomic mass is 35.5. The number of esters is 1. The second kappa shape index (κ2) is 9.81. The number of aromatic nitrogens is 1. The van der Waals surface area contributed by atoms with E-state index in [9.17, 15) is 9.59 Å². The van der Waals surface area contributed by atoms with Crippen LogP contribution < -0.4 is 4.74 Å². The molecule has 6 heteroatoms. The van der Waals surface area contributed by atoms with E-state index in [1.807, 2.05) is 19.1 Å². The zero-order chi connectivity index (χ0) is 21.7. The lowest BCUT2D eigenvalue weighted by molar-refractivity contribution is -0.142. The Labute approximate surface area is 181 Å². The van der Waals surface area contributed by atoms with Gasteiger partial charge in [-0.2, -0.15) is 0 Å². The average Bonchev–Trinajstić information content (AvgIpc) is 3.02. The van der Waals surface area contributed by atoms with Gasteiger partial charge in [-0.3, -0.25) is 14.2 Å². The SMILES string of the molecule is CCCCCOC(=O)Cc1c(C)n(C(=O)c2ccc(Cl)cc2)c2ccc(OC)cc12. The first kappa shape index (κ1) is 21.9. The lowest BCUT2D eigenvalue weighted by Crippen LogP contribution is -2.14. The van der Waals surface area contributed by atoms with Crippen LogP contribution >= 0.6 is 11.6 Å². The maximum absolute atomic E-state index is 13.3. The normalized spacial score (nSPS) is 10.9. The van der Waals surface area contributed by atoms with Crippen LogP contribution in [-0.2, 0) is 16.0 Å². The molecule has 5 nitrogen and oxygen atoms in total. The third kappa shape index (κ3) is 4.68. The predicted molar refractivity (Wildman–Crippen MR) is 119 cm³/mol. The quantitative estimate of drug-likeness (QED) is 0.348. The second-order valence-corrected chi connectivity index (χ2v) is 7.64. The van der Waals surface area contributed by atoms with E-state index < -0.39 is 0 Å². The van der Waals surface area contributed by atoms with Crippen LogP contribution in [0, 0.1) is 6.92 Å². The summed E-state index contributed by atoms with van der Waals surface area (Å²) in [7, 11) is 1.59. The van der Waals surface area contributed by atoms with Gasteiger partial charge in [0.15, 0.2) is 0 Å². The first-order chi connectivity index (χ1) is 14.5. The Morgan fingerprint density at radius 2 is 1.80 bits per heavy atom. The summed E-state index contributed by atoms with van der Waals surface area (Å²) in [4.78, 5) is 25.7. The van der Waals surface area contributed by atoms with Gasteiger partial charge in [-0.25, -0.2) is 0 Å². The molecule has 3 rings (SSSR count). The smallest absolute Gasteiger partial charge is 0.310 e. The van der Waals surface area contributed by atoms with E-state index in [2.05, 4.69) is 6.92 Å². The molecule has 0 atom stereocenters. The zero-order valence-electron chi connectivity index (χ0n) is 17.5. The Hall–Kier alpha value is -2.79. The minimum Gasteiger partial charge on any atom is -0.497 e. The standard InChI is InChI=1S/C24H26ClNO4/c1-4-5-6-13-30-23(27)15-20-16(2)26(22-12-11-19(29-3)14-21(20)22)24(28)17-7-9-18(25)10-8-17/h7-12,14H,4-6,13,15H2,1-3H3. The van der Waals surface area contributed by atoms with E-state index in [1.165, 1.54) is 0 Å². The summed E-state index contributed by atoms with van der Waals surface area (Å²) >= 11 is 5.96. The van der Waals surface area contributed by atoms with E-state index in [0.29, 0.717) is 28.6 Å². The van der Waals surface area contributed by atoms with Gasteiger partial charge >= 0.3 is 5.97 Å². The minimum atomic E-state index is -0.296. The molecule has 0 amide bonds. The first-order valence-corrected chi connectivity index (χ1v) is 10.5. The fraction of sp³-hybridized carbons (Fsp3) is 0.333. The van der Waals surface area contributed by atoms with Gasteiger partial charge in [0.2, 0.25) is 0 Å². The van der Waals surface area contributed by atoms with Crippen molar-refractivity contribution in [2.24, 2.45) is 0 Å². The molecule has 0 bridgehead atoms.